The molecule has 0 aliphatic heterocycles. The lowest BCUT2D eigenvalue weighted by Crippen LogP contribution is -2.28. The zero-order valence-electron chi connectivity index (χ0n) is 12.3. The highest BCUT2D eigenvalue weighted by Gasteiger charge is 2.18. The zero-order chi connectivity index (χ0) is 13.6. The van der Waals surface area contributed by atoms with Crippen molar-refractivity contribution in [1.29, 1.82) is 0 Å². The maximum absolute atomic E-state index is 6.06. The van der Waals surface area contributed by atoms with Gasteiger partial charge in [0, 0.05) is 24.5 Å². The summed E-state index contributed by atoms with van der Waals surface area (Å²) in [5, 5.41) is 3.43. The second-order valence-corrected chi connectivity index (χ2v) is 5.72. The van der Waals surface area contributed by atoms with Crippen LogP contribution in [0.1, 0.15) is 46.6 Å². The Labute approximate surface area is 111 Å². The number of aromatic nitrogens is 1. The molecule has 1 aromatic rings. The summed E-state index contributed by atoms with van der Waals surface area (Å²) in [6.07, 6.45) is 4.65. The van der Waals surface area contributed by atoms with Crippen LogP contribution in [-0.2, 0) is 6.54 Å². The molecule has 1 rings (SSSR count). The van der Waals surface area contributed by atoms with Gasteiger partial charge in [0.1, 0.15) is 11.4 Å². The van der Waals surface area contributed by atoms with Crippen molar-refractivity contribution in [2.45, 2.75) is 53.2 Å². The van der Waals surface area contributed by atoms with E-state index in [0.29, 0.717) is 5.92 Å². The quantitative estimate of drug-likeness (QED) is 0.805. The van der Waals surface area contributed by atoms with E-state index < -0.39 is 0 Å². The summed E-state index contributed by atoms with van der Waals surface area (Å²) in [4.78, 5) is 4.18. The molecule has 0 spiro atoms. The van der Waals surface area contributed by atoms with Gasteiger partial charge in [-0.05, 0) is 38.8 Å². The SMILES string of the molecule is CCC(C)(C)Oc1ccncc1CNCC(C)C. The average molecular weight is 250 g/mol. The van der Waals surface area contributed by atoms with Crippen molar-refractivity contribution in [1.82, 2.24) is 10.3 Å². The summed E-state index contributed by atoms with van der Waals surface area (Å²) >= 11 is 0. The monoisotopic (exact) mass is 250 g/mol. The Bertz CT molecular complexity index is 361. The Morgan fingerprint density at radius 3 is 2.72 bits per heavy atom. The molecule has 1 aromatic heterocycles. The van der Waals surface area contributed by atoms with Crippen LogP contribution in [0.5, 0.6) is 5.75 Å². The number of hydrogen-bond donors (Lipinski definition) is 1. The summed E-state index contributed by atoms with van der Waals surface area (Å²) in [7, 11) is 0. The molecule has 0 saturated carbocycles. The summed E-state index contributed by atoms with van der Waals surface area (Å²) in [6.45, 7) is 12.6. The fourth-order valence-corrected chi connectivity index (χ4v) is 1.51. The molecular weight excluding hydrogens is 224 g/mol. The smallest absolute Gasteiger partial charge is 0.127 e. The number of nitrogens with zero attached hydrogens (tertiary/aromatic N) is 1. The number of rotatable bonds is 7. The standard InChI is InChI=1S/C15H26N2O/c1-6-15(4,5)18-14-7-8-16-10-13(14)11-17-9-12(2)3/h7-8,10,12,17H,6,9,11H2,1-5H3. The fourth-order valence-electron chi connectivity index (χ4n) is 1.51. The van der Waals surface area contributed by atoms with Crippen molar-refractivity contribution in [2.75, 3.05) is 6.54 Å². The summed E-state index contributed by atoms with van der Waals surface area (Å²) < 4.78 is 6.06. The molecule has 0 radical (unpaired) electrons. The minimum atomic E-state index is -0.131. The first-order valence-electron chi connectivity index (χ1n) is 6.77. The van der Waals surface area contributed by atoms with E-state index in [0.717, 1.165) is 30.8 Å². The second-order valence-electron chi connectivity index (χ2n) is 5.72. The molecule has 102 valence electrons. The lowest BCUT2D eigenvalue weighted by Gasteiger charge is -2.26. The maximum atomic E-state index is 6.06. The van der Waals surface area contributed by atoms with Gasteiger partial charge < -0.3 is 10.1 Å². The summed E-state index contributed by atoms with van der Waals surface area (Å²) in [5.74, 6) is 1.59. The Morgan fingerprint density at radius 2 is 2.11 bits per heavy atom. The summed E-state index contributed by atoms with van der Waals surface area (Å²) in [5.41, 5.74) is 0.994. The van der Waals surface area contributed by atoms with Crippen LogP contribution < -0.4 is 10.1 Å². The number of nitrogens with one attached hydrogen (secondary N) is 1. The molecule has 0 unspecified atom stereocenters. The van der Waals surface area contributed by atoms with Gasteiger partial charge in [-0.3, -0.25) is 4.98 Å². The van der Waals surface area contributed by atoms with Crippen molar-refractivity contribution in [2.24, 2.45) is 5.92 Å². The molecule has 0 amide bonds. The lowest BCUT2D eigenvalue weighted by molar-refractivity contribution is 0.103. The van der Waals surface area contributed by atoms with E-state index in [4.69, 9.17) is 4.74 Å². The van der Waals surface area contributed by atoms with E-state index in [9.17, 15) is 0 Å². The van der Waals surface area contributed by atoms with Crippen LogP contribution in [0.2, 0.25) is 0 Å². The van der Waals surface area contributed by atoms with Gasteiger partial charge in [0.2, 0.25) is 0 Å². The van der Waals surface area contributed by atoms with Crippen LogP contribution in [0.4, 0.5) is 0 Å². The topological polar surface area (TPSA) is 34.1 Å². The molecule has 0 atom stereocenters. The van der Waals surface area contributed by atoms with Gasteiger partial charge in [0.05, 0.1) is 0 Å². The number of pyridine rings is 1. The van der Waals surface area contributed by atoms with Crippen LogP contribution >= 0.6 is 0 Å². The molecule has 0 bridgehead atoms. The van der Waals surface area contributed by atoms with Crippen LogP contribution in [0.3, 0.4) is 0 Å². The predicted molar refractivity (Wildman–Crippen MR) is 75.8 cm³/mol. The molecule has 3 nitrogen and oxygen atoms in total. The molecule has 0 fully saturated rings. The largest absolute Gasteiger partial charge is 0.487 e. The first-order valence-corrected chi connectivity index (χ1v) is 6.77. The van der Waals surface area contributed by atoms with Gasteiger partial charge in [0.25, 0.3) is 0 Å². The van der Waals surface area contributed by atoms with Crippen molar-refractivity contribution >= 4 is 0 Å². The number of ether oxygens (including phenoxy) is 1. The first kappa shape index (κ1) is 15.0. The normalized spacial score (nSPS) is 11.9. The molecule has 1 N–H and O–H groups in total. The van der Waals surface area contributed by atoms with Gasteiger partial charge in [-0.25, -0.2) is 0 Å². The van der Waals surface area contributed by atoms with Crippen LogP contribution in [0.25, 0.3) is 0 Å². The predicted octanol–water partition coefficient (Wildman–Crippen LogP) is 3.39. The van der Waals surface area contributed by atoms with Crippen molar-refractivity contribution in [3.05, 3.63) is 24.0 Å². The molecule has 1 heterocycles. The summed E-state index contributed by atoms with van der Waals surface area (Å²) in [6, 6.07) is 1.95. The molecule has 0 saturated heterocycles. The Hall–Kier alpha value is -1.09. The number of hydrogen-bond acceptors (Lipinski definition) is 3. The van der Waals surface area contributed by atoms with Crippen molar-refractivity contribution < 1.29 is 4.74 Å². The van der Waals surface area contributed by atoms with Crippen molar-refractivity contribution in [3.8, 4) is 5.75 Å². The van der Waals surface area contributed by atoms with E-state index in [1.54, 1.807) is 6.20 Å². The highest BCUT2D eigenvalue weighted by Crippen LogP contribution is 2.24. The van der Waals surface area contributed by atoms with E-state index in [2.05, 4.69) is 44.9 Å². The molecule has 18 heavy (non-hydrogen) atoms. The molecule has 0 aliphatic carbocycles. The third-order valence-electron chi connectivity index (χ3n) is 2.96. The molecule has 0 aromatic carbocycles. The van der Waals surface area contributed by atoms with Gasteiger partial charge in [0.15, 0.2) is 0 Å². The van der Waals surface area contributed by atoms with Crippen molar-refractivity contribution in [3.63, 3.8) is 0 Å². The first-order chi connectivity index (χ1) is 8.44. The van der Waals surface area contributed by atoms with E-state index in [1.807, 2.05) is 12.3 Å². The lowest BCUT2D eigenvalue weighted by atomic mass is 10.1. The molecular formula is C15H26N2O. The second kappa shape index (κ2) is 6.74. The van der Waals surface area contributed by atoms with E-state index in [1.165, 1.54) is 0 Å². The van der Waals surface area contributed by atoms with Gasteiger partial charge >= 0.3 is 0 Å². The highest BCUT2D eigenvalue weighted by atomic mass is 16.5. The van der Waals surface area contributed by atoms with Gasteiger partial charge in [-0.15, -0.1) is 0 Å². The fraction of sp³-hybridized carbons (Fsp3) is 0.667. The minimum absolute atomic E-state index is 0.131. The van der Waals surface area contributed by atoms with E-state index in [-0.39, 0.29) is 5.60 Å². The molecule has 3 heteroatoms. The average Bonchev–Trinajstić information content (AvgIpc) is 2.30. The van der Waals surface area contributed by atoms with Crippen LogP contribution in [-0.4, -0.2) is 17.1 Å². The third-order valence-corrected chi connectivity index (χ3v) is 2.96. The zero-order valence-corrected chi connectivity index (χ0v) is 12.3. The van der Waals surface area contributed by atoms with Gasteiger partial charge in [-0.1, -0.05) is 20.8 Å². The Balaban J connectivity index is 2.67. The van der Waals surface area contributed by atoms with Crippen LogP contribution in [0.15, 0.2) is 18.5 Å². The van der Waals surface area contributed by atoms with E-state index >= 15 is 0 Å². The Morgan fingerprint density at radius 1 is 1.39 bits per heavy atom. The van der Waals surface area contributed by atoms with Gasteiger partial charge in [-0.2, -0.15) is 0 Å². The van der Waals surface area contributed by atoms with Crippen LogP contribution in [0, 0.1) is 5.92 Å². The third kappa shape index (κ3) is 5.05. The Kier molecular flexibility index (Phi) is 5.60. The molecule has 0 aliphatic rings. The highest BCUT2D eigenvalue weighted by molar-refractivity contribution is 5.30. The minimum Gasteiger partial charge on any atom is -0.487 e. The maximum Gasteiger partial charge on any atom is 0.127 e.